The summed E-state index contributed by atoms with van der Waals surface area (Å²) in [6, 6.07) is 0. The Kier molecular flexibility index (Phi) is 4.73. The lowest BCUT2D eigenvalue weighted by molar-refractivity contribution is -0.134. The molecule has 1 heterocycles. The van der Waals surface area contributed by atoms with Crippen molar-refractivity contribution < 1.29 is 18.0 Å². The van der Waals surface area contributed by atoms with E-state index in [4.69, 9.17) is 0 Å². The fourth-order valence-corrected chi connectivity index (χ4v) is 1.74. The molecular formula is C9H12F3N3OS. The predicted molar refractivity (Wildman–Crippen MR) is 58.9 cm³/mol. The molecule has 0 spiro atoms. The largest absolute Gasteiger partial charge is 0.427 e. The highest BCUT2D eigenvalue weighted by Crippen LogP contribution is 2.34. The summed E-state index contributed by atoms with van der Waals surface area (Å²) in [4.78, 5) is 13.4. The molecule has 17 heavy (non-hydrogen) atoms. The number of nitrogens with zero attached hydrogens (tertiary/aromatic N) is 1. The Morgan fingerprint density at radius 2 is 2.18 bits per heavy atom. The van der Waals surface area contributed by atoms with Gasteiger partial charge in [0.15, 0.2) is 5.13 Å². The second kappa shape index (κ2) is 5.85. The van der Waals surface area contributed by atoms with Crippen LogP contribution in [0.3, 0.4) is 0 Å². The molecule has 0 aliphatic heterocycles. The molecule has 1 rings (SSSR count). The van der Waals surface area contributed by atoms with Crippen LogP contribution in [0.4, 0.5) is 18.3 Å². The fraction of sp³-hybridized carbons (Fsp3) is 0.556. The molecule has 4 nitrogen and oxygen atoms in total. The molecule has 0 bridgehead atoms. The summed E-state index contributed by atoms with van der Waals surface area (Å²) in [5.74, 6) is -0.126. The third kappa shape index (κ3) is 5.03. The SMILES string of the molecule is CC(=O)NCCCNc1ncc(C(F)(F)F)s1. The monoisotopic (exact) mass is 267 g/mol. The Bertz CT molecular complexity index is 378. The van der Waals surface area contributed by atoms with Crippen molar-refractivity contribution in [3.63, 3.8) is 0 Å². The minimum Gasteiger partial charge on any atom is -0.361 e. The third-order valence-corrected chi connectivity index (χ3v) is 2.79. The smallest absolute Gasteiger partial charge is 0.361 e. The number of halogens is 3. The van der Waals surface area contributed by atoms with E-state index in [0.717, 1.165) is 6.20 Å². The topological polar surface area (TPSA) is 54.0 Å². The molecule has 0 saturated heterocycles. The van der Waals surface area contributed by atoms with Gasteiger partial charge in [-0.05, 0) is 6.42 Å². The molecule has 0 radical (unpaired) electrons. The average Bonchev–Trinajstić information content (AvgIpc) is 2.64. The van der Waals surface area contributed by atoms with E-state index >= 15 is 0 Å². The number of hydrogen-bond acceptors (Lipinski definition) is 4. The van der Waals surface area contributed by atoms with E-state index in [1.165, 1.54) is 6.92 Å². The second-order valence-electron chi connectivity index (χ2n) is 3.29. The Labute approximate surface area is 100 Å². The number of hydrogen-bond donors (Lipinski definition) is 2. The second-order valence-corrected chi connectivity index (χ2v) is 4.32. The first-order chi connectivity index (χ1) is 7.89. The Morgan fingerprint density at radius 1 is 1.47 bits per heavy atom. The first-order valence-corrected chi connectivity index (χ1v) is 5.72. The number of nitrogens with one attached hydrogen (secondary N) is 2. The van der Waals surface area contributed by atoms with Gasteiger partial charge in [0.05, 0.1) is 6.20 Å². The number of carbonyl (C=O) groups is 1. The summed E-state index contributed by atoms with van der Waals surface area (Å²) in [7, 11) is 0. The molecule has 0 aromatic carbocycles. The van der Waals surface area contributed by atoms with E-state index in [9.17, 15) is 18.0 Å². The molecule has 0 saturated carbocycles. The molecule has 0 fully saturated rings. The van der Waals surface area contributed by atoms with Crippen LogP contribution in [0.15, 0.2) is 6.20 Å². The van der Waals surface area contributed by atoms with Crippen LogP contribution in [0.2, 0.25) is 0 Å². The molecule has 1 amide bonds. The highest BCUT2D eigenvalue weighted by atomic mass is 32.1. The third-order valence-electron chi connectivity index (χ3n) is 1.79. The number of aromatic nitrogens is 1. The van der Waals surface area contributed by atoms with Crippen LogP contribution in [-0.4, -0.2) is 24.0 Å². The quantitative estimate of drug-likeness (QED) is 0.803. The van der Waals surface area contributed by atoms with E-state index < -0.39 is 11.1 Å². The van der Waals surface area contributed by atoms with Gasteiger partial charge >= 0.3 is 6.18 Å². The van der Waals surface area contributed by atoms with Gasteiger partial charge in [-0.25, -0.2) is 4.98 Å². The van der Waals surface area contributed by atoms with Gasteiger partial charge in [-0.3, -0.25) is 4.79 Å². The average molecular weight is 267 g/mol. The zero-order chi connectivity index (χ0) is 12.9. The number of alkyl halides is 3. The van der Waals surface area contributed by atoms with Crippen LogP contribution < -0.4 is 10.6 Å². The first-order valence-electron chi connectivity index (χ1n) is 4.91. The number of amides is 1. The van der Waals surface area contributed by atoms with E-state index in [-0.39, 0.29) is 11.0 Å². The highest BCUT2D eigenvalue weighted by Gasteiger charge is 2.33. The summed E-state index contributed by atoms with van der Waals surface area (Å²) in [6.07, 6.45) is -2.91. The lowest BCUT2D eigenvalue weighted by Gasteiger charge is -2.03. The first kappa shape index (κ1) is 13.8. The Hall–Kier alpha value is -1.31. The zero-order valence-electron chi connectivity index (χ0n) is 9.10. The molecular weight excluding hydrogens is 255 g/mol. The number of carbonyl (C=O) groups excluding carboxylic acids is 1. The van der Waals surface area contributed by atoms with E-state index in [0.29, 0.717) is 30.8 Å². The molecule has 0 aliphatic carbocycles. The van der Waals surface area contributed by atoms with E-state index in [1.54, 1.807) is 0 Å². The molecule has 0 unspecified atom stereocenters. The number of thiazole rings is 1. The van der Waals surface area contributed by atoms with Gasteiger partial charge in [0.25, 0.3) is 0 Å². The molecule has 1 aromatic heterocycles. The van der Waals surface area contributed by atoms with Crippen LogP contribution in [-0.2, 0) is 11.0 Å². The molecule has 8 heteroatoms. The lowest BCUT2D eigenvalue weighted by Crippen LogP contribution is -2.22. The predicted octanol–water partition coefficient (Wildman–Crippen LogP) is 2.10. The van der Waals surface area contributed by atoms with Crippen molar-refractivity contribution in [1.29, 1.82) is 0 Å². The summed E-state index contributed by atoms with van der Waals surface area (Å²) >= 11 is 0.570. The minimum atomic E-state index is -4.34. The molecule has 2 N–H and O–H groups in total. The Morgan fingerprint density at radius 3 is 2.71 bits per heavy atom. The van der Waals surface area contributed by atoms with Crippen molar-refractivity contribution in [2.24, 2.45) is 0 Å². The van der Waals surface area contributed by atoms with E-state index in [1.807, 2.05) is 0 Å². The zero-order valence-corrected chi connectivity index (χ0v) is 9.91. The van der Waals surface area contributed by atoms with Gasteiger partial charge < -0.3 is 10.6 Å². The number of anilines is 1. The van der Waals surface area contributed by atoms with Crippen molar-refractivity contribution >= 4 is 22.4 Å². The van der Waals surface area contributed by atoms with Crippen LogP contribution >= 0.6 is 11.3 Å². The molecule has 0 atom stereocenters. The number of rotatable bonds is 5. The molecule has 96 valence electrons. The van der Waals surface area contributed by atoms with Gasteiger partial charge in [0.1, 0.15) is 4.88 Å². The molecule has 0 aliphatic rings. The van der Waals surface area contributed by atoms with Gasteiger partial charge in [0.2, 0.25) is 5.91 Å². The molecule has 1 aromatic rings. The van der Waals surface area contributed by atoms with Crippen LogP contribution in [0, 0.1) is 0 Å². The fourth-order valence-electron chi connectivity index (χ4n) is 1.04. The standard InChI is InChI=1S/C9H12F3N3OS/c1-6(16)13-3-2-4-14-8-15-5-7(17-8)9(10,11)12/h5H,2-4H2,1H3,(H,13,16)(H,14,15). The van der Waals surface area contributed by atoms with Crippen LogP contribution in [0.1, 0.15) is 18.2 Å². The minimum absolute atomic E-state index is 0.126. The normalized spacial score (nSPS) is 11.3. The van der Waals surface area contributed by atoms with Crippen LogP contribution in [0.5, 0.6) is 0 Å². The van der Waals surface area contributed by atoms with Crippen molar-refractivity contribution in [3.05, 3.63) is 11.1 Å². The van der Waals surface area contributed by atoms with Gasteiger partial charge in [-0.15, -0.1) is 0 Å². The maximum atomic E-state index is 12.2. The Balaban J connectivity index is 2.28. The van der Waals surface area contributed by atoms with Crippen molar-refractivity contribution in [2.75, 3.05) is 18.4 Å². The van der Waals surface area contributed by atoms with Gasteiger partial charge in [-0.1, -0.05) is 11.3 Å². The summed E-state index contributed by atoms with van der Waals surface area (Å²) < 4.78 is 36.7. The maximum absolute atomic E-state index is 12.2. The summed E-state index contributed by atoms with van der Waals surface area (Å²) in [5, 5.41) is 5.59. The van der Waals surface area contributed by atoms with Crippen molar-refractivity contribution in [3.8, 4) is 0 Å². The highest BCUT2D eigenvalue weighted by molar-refractivity contribution is 7.15. The maximum Gasteiger partial charge on any atom is 0.427 e. The summed E-state index contributed by atoms with van der Waals surface area (Å²) in [6.45, 7) is 2.36. The van der Waals surface area contributed by atoms with Crippen molar-refractivity contribution in [1.82, 2.24) is 10.3 Å². The van der Waals surface area contributed by atoms with Gasteiger partial charge in [0, 0.05) is 20.0 Å². The lowest BCUT2D eigenvalue weighted by atomic mass is 10.4. The van der Waals surface area contributed by atoms with Crippen LogP contribution in [0.25, 0.3) is 0 Å². The summed E-state index contributed by atoms with van der Waals surface area (Å²) in [5.41, 5.74) is 0. The van der Waals surface area contributed by atoms with Crippen molar-refractivity contribution in [2.45, 2.75) is 19.5 Å². The van der Waals surface area contributed by atoms with E-state index in [2.05, 4.69) is 15.6 Å². The van der Waals surface area contributed by atoms with Gasteiger partial charge in [-0.2, -0.15) is 13.2 Å².